The van der Waals surface area contributed by atoms with Gasteiger partial charge in [-0.15, -0.1) is 0 Å². The number of nitrogens with two attached hydrogens (primary N) is 1. The van der Waals surface area contributed by atoms with Gasteiger partial charge in [-0.25, -0.2) is 0 Å². The molecule has 5 heteroatoms. The van der Waals surface area contributed by atoms with Gasteiger partial charge >= 0.3 is 0 Å². The second-order valence-corrected chi connectivity index (χ2v) is 4.53. The Kier molecular flexibility index (Phi) is 3.68. The zero-order valence-electron chi connectivity index (χ0n) is 9.85. The van der Waals surface area contributed by atoms with Crippen molar-refractivity contribution in [3.63, 3.8) is 0 Å². The van der Waals surface area contributed by atoms with Crippen LogP contribution in [0.2, 0.25) is 0 Å². The first-order valence-electron chi connectivity index (χ1n) is 6.03. The van der Waals surface area contributed by atoms with E-state index in [0.717, 1.165) is 44.3 Å². The van der Waals surface area contributed by atoms with Crippen molar-refractivity contribution in [2.45, 2.75) is 37.6 Å². The molecule has 3 N–H and O–H groups in total. The van der Waals surface area contributed by atoms with E-state index in [1.54, 1.807) is 18.6 Å². The van der Waals surface area contributed by atoms with Crippen LogP contribution in [0.5, 0.6) is 0 Å². The van der Waals surface area contributed by atoms with Gasteiger partial charge in [0.2, 0.25) is 5.91 Å². The van der Waals surface area contributed by atoms with Crippen molar-refractivity contribution in [1.82, 2.24) is 15.3 Å². The SMILES string of the molecule is NC(=O)[C@]1(CCCc2cnccn2)CCCN1. The molecule has 1 aliphatic heterocycles. The zero-order chi connectivity index (χ0) is 12.1. The van der Waals surface area contributed by atoms with Crippen LogP contribution in [0.25, 0.3) is 0 Å². The highest BCUT2D eigenvalue weighted by atomic mass is 16.1. The molecule has 1 saturated heterocycles. The summed E-state index contributed by atoms with van der Waals surface area (Å²) in [7, 11) is 0. The first-order chi connectivity index (χ1) is 8.23. The minimum Gasteiger partial charge on any atom is -0.368 e. The summed E-state index contributed by atoms with van der Waals surface area (Å²) in [6.07, 6.45) is 9.49. The summed E-state index contributed by atoms with van der Waals surface area (Å²) >= 11 is 0. The molecule has 0 saturated carbocycles. The Balaban J connectivity index is 1.87. The van der Waals surface area contributed by atoms with Crippen molar-refractivity contribution in [2.75, 3.05) is 6.54 Å². The van der Waals surface area contributed by atoms with E-state index in [1.807, 2.05) is 0 Å². The number of aromatic nitrogens is 2. The highest BCUT2D eigenvalue weighted by molar-refractivity contribution is 5.85. The normalized spacial score (nSPS) is 23.8. The molecule has 1 amide bonds. The Morgan fingerprint density at radius 1 is 1.53 bits per heavy atom. The molecule has 1 fully saturated rings. The van der Waals surface area contributed by atoms with E-state index < -0.39 is 5.54 Å². The standard InChI is InChI=1S/C12H18N4O/c13-11(17)12(5-2-6-16-12)4-1-3-10-9-14-7-8-15-10/h7-9,16H,1-6H2,(H2,13,17)/t12-/m0/s1. The quantitative estimate of drug-likeness (QED) is 0.773. The molecule has 0 unspecified atom stereocenters. The fraction of sp³-hybridized carbons (Fsp3) is 0.583. The molecular weight excluding hydrogens is 216 g/mol. The molecule has 0 radical (unpaired) electrons. The van der Waals surface area contributed by atoms with Gasteiger partial charge in [0.1, 0.15) is 0 Å². The summed E-state index contributed by atoms with van der Waals surface area (Å²) < 4.78 is 0. The maximum Gasteiger partial charge on any atom is 0.237 e. The van der Waals surface area contributed by atoms with E-state index in [2.05, 4.69) is 15.3 Å². The van der Waals surface area contributed by atoms with Crippen LogP contribution < -0.4 is 11.1 Å². The molecule has 0 spiro atoms. The molecule has 5 nitrogen and oxygen atoms in total. The van der Waals surface area contributed by atoms with Crippen LogP contribution in [0, 0.1) is 0 Å². The molecule has 1 aromatic heterocycles. The van der Waals surface area contributed by atoms with Crippen molar-refractivity contribution in [1.29, 1.82) is 0 Å². The van der Waals surface area contributed by atoms with Crippen LogP contribution >= 0.6 is 0 Å². The van der Waals surface area contributed by atoms with Crippen LogP contribution in [0.1, 0.15) is 31.4 Å². The van der Waals surface area contributed by atoms with Crippen LogP contribution in [0.4, 0.5) is 0 Å². The van der Waals surface area contributed by atoms with Gasteiger partial charge in [-0.05, 0) is 38.6 Å². The fourth-order valence-corrected chi connectivity index (χ4v) is 2.38. The first kappa shape index (κ1) is 12.0. The van der Waals surface area contributed by atoms with Crippen molar-refractivity contribution in [2.24, 2.45) is 5.73 Å². The molecule has 17 heavy (non-hydrogen) atoms. The lowest BCUT2D eigenvalue weighted by Crippen LogP contribution is -2.51. The second kappa shape index (κ2) is 5.23. The molecule has 92 valence electrons. The number of rotatable bonds is 5. The number of carbonyl (C=O) groups excluding carboxylic acids is 1. The smallest absolute Gasteiger partial charge is 0.237 e. The number of amides is 1. The predicted molar refractivity (Wildman–Crippen MR) is 64.1 cm³/mol. The largest absolute Gasteiger partial charge is 0.368 e. The fourth-order valence-electron chi connectivity index (χ4n) is 2.38. The minimum atomic E-state index is -0.484. The Bertz CT molecular complexity index is 373. The topological polar surface area (TPSA) is 80.9 Å². The molecule has 1 aromatic rings. The summed E-state index contributed by atoms with van der Waals surface area (Å²) in [5.74, 6) is -0.228. The first-order valence-corrected chi connectivity index (χ1v) is 6.03. The zero-order valence-corrected chi connectivity index (χ0v) is 9.85. The second-order valence-electron chi connectivity index (χ2n) is 4.53. The lowest BCUT2D eigenvalue weighted by Gasteiger charge is -2.25. The maximum atomic E-state index is 11.5. The maximum absolute atomic E-state index is 11.5. The minimum absolute atomic E-state index is 0.228. The van der Waals surface area contributed by atoms with Crippen LogP contribution in [-0.4, -0.2) is 28.0 Å². The molecule has 1 aliphatic rings. The Morgan fingerprint density at radius 2 is 2.41 bits per heavy atom. The van der Waals surface area contributed by atoms with Gasteiger partial charge in [-0.3, -0.25) is 14.8 Å². The summed E-state index contributed by atoms with van der Waals surface area (Å²) in [6, 6.07) is 0. The van der Waals surface area contributed by atoms with Gasteiger partial charge in [-0.2, -0.15) is 0 Å². The van der Waals surface area contributed by atoms with E-state index in [4.69, 9.17) is 5.73 Å². The van der Waals surface area contributed by atoms with Crippen molar-refractivity contribution >= 4 is 5.91 Å². The van der Waals surface area contributed by atoms with Gasteiger partial charge < -0.3 is 11.1 Å². The average molecular weight is 234 g/mol. The van der Waals surface area contributed by atoms with Gasteiger partial charge in [0, 0.05) is 18.6 Å². The number of carbonyl (C=O) groups is 1. The molecular formula is C12H18N4O. The summed E-state index contributed by atoms with van der Waals surface area (Å²) in [6.45, 7) is 0.883. The van der Waals surface area contributed by atoms with Crippen LogP contribution in [0.15, 0.2) is 18.6 Å². The van der Waals surface area contributed by atoms with Crippen LogP contribution in [0.3, 0.4) is 0 Å². The Hall–Kier alpha value is -1.49. The lowest BCUT2D eigenvalue weighted by atomic mass is 9.90. The number of nitrogens with zero attached hydrogens (tertiary/aromatic N) is 2. The highest BCUT2D eigenvalue weighted by Gasteiger charge is 2.38. The number of primary amides is 1. The van der Waals surface area contributed by atoms with Gasteiger partial charge in [0.05, 0.1) is 11.2 Å². The molecule has 0 bridgehead atoms. The number of hydrogen-bond acceptors (Lipinski definition) is 4. The van der Waals surface area contributed by atoms with Gasteiger partial charge in [0.25, 0.3) is 0 Å². The Labute approximate surface area is 101 Å². The molecule has 0 aliphatic carbocycles. The predicted octanol–water partition coefficient (Wildman–Crippen LogP) is 0.407. The lowest BCUT2D eigenvalue weighted by molar-refractivity contribution is -0.124. The number of aryl methyl sites for hydroxylation is 1. The third-order valence-electron chi connectivity index (χ3n) is 3.37. The monoisotopic (exact) mass is 234 g/mol. The number of hydrogen-bond donors (Lipinski definition) is 2. The van der Waals surface area contributed by atoms with E-state index in [9.17, 15) is 4.79 Å². The Morgan fingerprint density at radius 3 is 3.00 bits per heavy atom. The van der Waals surface area contributed by atoms with E-state index in [0.29, 0.717) is 0 Å². The third-order valence-corrected chi connectivity index (χ3v) is 3.37. The van der Waals surface area contributed by atoms with Crippen molar-refractivity contribution < 1.29 is 4.79 Å². The van der Waals surface area contributed by atoms with Crippen molar-refractivity contribution in [3.05, 3.63) is 24.3 Å². The summed E-state index contributed by atoms with van der Waals surface area (Å²) in [4.78, 5) is 19.7. The number of nitrogens with one attached hydrogen (secondary N) is 1. The van der Waals surface area contributed by atoms with E-state index in [1.165, 1.54) is 0 Å². The van der Waals surface area contributed by atoms with Crippen LogP contribution in [-0.2, 0) is 11.2 Å². The summed E-state index contributed by atoms with van der Waals surface area (Å²) in [5.41, 5.74) is 5.96. The molecule has 2 heterocycles. The highest BCUT2D eigenvalue weighted by Crippen LogP contribution is 2.24. The van der Waals surface area contributed by atoms with Gasteiger partial charge in [-0.1, -0.05) is 0 Å². The molecule has 1 atom stereocenters. The molecule has 2 rings (SSSR count). The average Bonchev–Trinajstić information content (AvgIpc) is 2.80. The summed E-state index contributed by atoms with van der Waals surface area (Å²) in [5, 5.41) is 3.25. The van der Waals surface area contributed by atoms with Crippen molar-refractivity contribution in [3.8, 4) is 0 Å². The molecule has 0 aromatic carbocycles. The van der Waals surface area contributed by atoms with Gasteiger partial charge in [0.15, 0.2) is 0 Å². The third kappa shape index (κ3) is 2.79. The van der Waals surface area contributed by atoms with E-state index >= 15 is 0 Å². The van der Waals surface area contributed by atoms with E-state index in [-0.39, 0.29) is 5.91 Å².